The molecule has 0 saturated carbocycles. The van der Waals surface area contributed by atoms with Crippen LogP contribution >= 0.6 is 0 Å². The quantitative estimate of drug-likeness (QED) is 0.760. The number of carbonyl (C=O) groups is 1. The molecule has 4 nitrogen and oxygen atoms in total. The van der Waals surface area contributed by atoms with Crippen molar-refractivity contribution in [2.24, 2.45) is 0 Å². The van der Waals surface area contributed by atoms with Crippen LogP contribution in [0.5, 0.6) is 0 Å². The van der Waals surface area contributed by atoms with E-state index >= 15 is 0 Å². The predicted molar refractivity (Wildman–Crippen MR) is 73.1 cm³/mol. The molecule has 0 unspecified atom stereocenters. The van der Waals surface area contributed by atoms with Crippen LogP contribution in [0, 0.1) is 6.92 Å². The number of anilines is 1. The summed E-state index contributed by atoms with van der Waals surface area (Å²) in [5, 5.41) is 2.85. The Morgan fingerprint density at radius 1 is 1.21 bits per heavy atom. The summed E-state index contributed by atoms with van der Waals surface area (Å²) in [4.78, 5) is 16.1. The van der Waals surface area contributed by atoms with Gasteiger partial charge in [0, 0.05) is 11.3 Å². The highest BCUT2D eigenvalue weighted by Gasteiger charge is 2.08. The molecule has 2 aromatic carbocycles. The van der Waals surface area contributed by atoms with Crippen molar-refractivity contribution in [3.8, 4) is 0 Å². The molecule has 0 atom stereocenters. The van der Waals surface area contributed by atoms with E-state index in [1.807, 2.05) is 31.2 Å². The number of amides is 1. The molecule has 0 spiro atoms. The number of aromatic nitrogens is 1. The fourth-order valence-electron chi connectivity index (χ4n) is 1.92. The smallest absolute Gasteiger partial charge is 0.255 e. The lowest BCUT2D eigenvalue weighted by molar-refractivity contribution is 0.102. The van der Waals surface area contributed by atoms with Crippen molar-refractivity contribution in [1.82, 2.24) is 4.98 Å². The number of aryl methyl sites for hydroxylation is 1. The lowest BCUT2D eigenvalue weighted by Crippen LogP contribution is -2.11. The molecule has 3 aromatic rings. The monoisotopic (exact) mass is 252 g/mol. The molecule has 19 heavy (non-hydrogen) atoms. The number of oxazole rings is 1. The van der Waals surface area contributed by atoms with Crippen LogP contribution in [-0.2, 0) is 0 Å². The third kappa shape index (κ3) is 2.33. The van der Waals surface area contributed by atoms with Crippen molar-refractivity contribution in [1.29, 1.82) is 0 Å². The van der Waals surface area contributed by atoms with E-state index in [0.29, 0.717) is 11.1 Å². The standard InChI is InChI=1S/C15H12N2O2/c1-10-3-2-4-12(7-10)17-15(18)11-5-6-13-14(8-11)19-9-16-13/h2-9H,1H3,(H,17,18). The van der Waals surface area contributed by atoms with E-state index in [1.165, 1.54) is 6.39 Å². The van der Waals surface area contributed by atoms with Crippen molar-refractivity contribution in [2.75, 3.05) is 5.32 Å². The molecule has 4 heteroatoms. The second-order valence-electron chi connectivity index (χ2n) is 4.36. The summed E-state index contributed by atoms with van der Waals surface area (Å²) in [6.07, 6.45) is 1.37. The summed E-state index contributed by atoms with van der Waals surface area (Å²) in [5.41, 5.74) is 3.78. The van der Waals surface area contributed by atoms with Crippen LogP contribution in [0.4, 0.5) is 5.69 Å². The van der Waals surface area contributed by atoms with Crippen LogP contribution in [0.15, 0.2) is 53.3 Å². The lowest BCUT2D eigenvalue weighted by Gasteiger charge is -2.05. The zero-order chi connectivity index (χ0) is 13.2. The Morgan fingerprint density at radius 2 is 2.11 bits per heavy atom. The van der Waals surface area contributed by atoms with Gasteiger partial charge < -0.3 is 9.73 Å². The number of nitrogens with one attached hydrogen (secondary N) is 1. The molecule has 1 aromatic heterocycles. The first-order chi connectivity index (χ1) is 9.22. The average molecular weight is 252 g/mol. The highest BCUT2D eigenvalue weighted by atomic mass is 16.3. The zero-order valence-corrected chi connectivity index (χ0v) is 10.4. The van der Waals surface area contributed by atoms with Crippen LogP contribution in [-0.4, -0.2) is 10.9 Å². The first-order valence-electron chi connectivity index (χ1n) is 5.94. The summed E-state index contributed by atoms with van der Waals surface area (Å²) in [5.74, 6) is -0.163. The Kier molecular flexibility index (Phi) is 2.76. The normalized spacial score (nSPS) is 10.6. The summed E-state index contributed by atoms with van der Waals surface area (Å²) in [7, 11) is 0. The van der Waals surface area contributed by atoms with Gasteiger partial charge in [0.05, 0.1) is 0 Å². The summed E-state index contributed by atoms with van der Waals surface area (Å²) in [6, 6.07) is 12.9. The molecule has 0 fully saturated rings. The molecular weight excluding hydrogens is 240 g/mol. The van der Waals surface area contributed by atoms with Gasteiger partial charge in [-0.25, -0.2) is 4.98 Å². The van der Waals surface area contributed by atoms with Gasteiger partial charge in [-0.3, -0.25) is 4.79 Å². The van der Waals surface area contributed by atoms with Gasteiger partial charge in [-0.1, -0.05) is 12.1 Å². The molecule has 1 N–H and O–H groups in total. The molecule has 0 aliphatic carbocycles. The second kappa shape index (κ2) is 4.57. The minimum atomic E-state index is -0.163. The van der Waals surface area contributed by atoms with E-state index in [-0.39, 0.29) is 5.91 Å². The van der Waals surface area contributed by atoms with Crippen molar-refractivity contribution in [3.63, 3.8) is 0 Å². The Morgan fingerprint density at radius 3 is 2.95 bits per heavy atom. The third-order valence-corrected chi connectivity index (χ3v) is 2.87. The highest BCUT2D eigenvalue weighted by molar-refractivity contribution is 6.05. The van der Waals surface area contributed by atoms with Gasteiger partial charge in [-0.05, 0) is 42.8 Å². The van der Waals surface area contributed by atoms with Crippen LogP contribution < -0.4 is 5.32 Å². The van der Waals surface area contributed by atoms with Crippen LogP contribution in [0.1, 0.15) is 15.9 Å². The number of nitrogens with zero attached hydrogens (tertiary/aromatic N) is 1. The molecule has 0 aliphatic rings. The average Bonchev–Trinajstić information content (AvgIpc) is 2.85. The third-order valence-electron chi connectivity index (χ3n) is 2.87. The highest BCUT2D eigenvalue weighted by Crippen LogP contribution is 2.16. The topological polar surface area (TPSA) is 55.1 Å². The maximum atomic E-state index is 12.1. The van der Waals surface area contributed by atoms with E-state index < -0.39 is 0 Å². The van der Waals surface area contributed by atoms with E-state index in [9.17, 15) is 4.79 Å². The Bertz CT molecular complexity index is 746. The minimum Gasteiger partial charge on any atom is -0.443 e. The maximum absolute atomic E-state index is 12.1. The lowest BCUT2D eigenvalue weighted by atomic mass is 10.1. The fourth-order valence-corrected chi connectivity index (χ4v) is 1.92. The SMILES string of the molecule is Cc1cccc(NC(=O)c2ccc3ncoc3c2)c1. The molecule has 1 amide bonds. The summed E-state index contributed by atoms with van der Waals surface area (Å²) < 4.78 is 5.19. The van der Waals surface area contributed by atoms with Crippen molar-refractivity contribution in [3.05, 3.63) is 60.0 Å². The minimum absolute atomic E-state index is 0.163. The Balaban J connectivity index is 1.87. The van der Waals surface area contributed by atoms with Gasteiger partial charge >= 0.3 is 0 Å². The van der Waals surface area contributed by atoms with Gasteiger partial charge in [0.2, 0.25) is 0 Å². The summed E-state index contributed by atoms with van der Waals surface area (Å²) >= 11 is 0. The van der Waals surface area contributed by atoms with Gasteiger partial charge in [0.25, 0.3) is 5.91 Å². The fraction of sp³-hybridized carbons (Fsp3) is 0.0667. The van der Waals surface area contributed by atoms with E-state index in [0.717, 1.165) is 16.8 Å². The Hall–Kier alpha value is -2.62. The van der Waals surface area contributed by atoms with E-state index in [4.69, 9.17) is 4.42 Å². The second-order valence-corrected chi connectivity index (χ2v) is 4.36. The number of hydrogen-bond donors (Lipinski definition) is 1. The van der Waals surface area contributed by atoms with E-state index in [1.54, 1.807) is 18.2 Å². The van der Waals surface area contributed by atoms with Crippen molar-refractivity contribution in [2.45, 2.75) is 6.92 Å². The van der Waals surface area contributed by atoms with Crippen LogP contribution in [0.3, 0.4) is 0 Å². The number of hydrogen-bond acceptors (Lipinski definition) is 3. The van der Waals surface area contributed by atoms with Gasteiger partial charge in [0.1, 0.15) is 5.52 Å². The summed E-state index contributed by atoms with van der Waals surface area (Å²) in [6.45, 7) is 1.98. The molecule has 1 heterocycles. The molecule has 0 aliphatic heterocycles. The zero-order valence-electron chi connectivity index (χ0n) is 10.4. The first kappa shape index (κ1) is 11.5. The van der Waals surface area contributed by atoms with Crippen LogP contribution in [0.25, 0.3) is 11.1 Å². The molecule has 0 bridgehead atoms. The molecule has 94 valence electrons. The molecule has 0 saturated heterocycles. The number of carbonyl (C=O) groups excluding carboxylic acids is 1. The number of fused-ring (bicyclic) bond motifs is 1. The number of benzene rings is 2. The largest absolute Gasteiger partial charge is 0.443 e. The Labute approximate surface area is 110 Å². The molecule has 3 rings (SSSR count). The van der Waals surface area contributed by atoms with Crippen molar-refractivity contribution >= 4 is 22.7 Å². The number of rotatable bonds is 2. The predicted octanol–water partition coefficient (Wildman–Crippen LogP) is 3.39. The molecule has 0 radical (unpaired) electrons. The maximum Gasteiger partial charge on any atom is 0.255 e. The van der Waals surface area contributed by atoms with Gasteiger partial charge in [-0.2, -0.15) is 0 Å². The van der Waals surface area contributed by atoms with Gasteiger partial charge in [-0.15, -0.1) is 0 Å². The first-order valence-corrected chi connectivity index (χ1v) is 5.94. The van der Waals surface area contributed by atoms with Gasteiger partial charge in [0.15, 0.2) is 12.0 Å². The van der Waals surface area contributed by atoms with E-state index in [2.05, 4.69) is 10.3 Å². The van der Waals surface area contributed by atoms with Crippen molar-refractivity contribution < 1.29 is 9.21 Å². The van der Waals surface area contributed by atoms with Crippen LogP contribution in [0.2, 0.25) is 0 Å². The molecular formula is C15H12N2O2.